The molecule has 0 bridgehead atoms. The molecule has 1 aliphatic carbocycles. The van der Waals surface area contributed by atoms with Crippen molar-refractivity contribution < 1.29 is 5.11 Å². The Balaban J connectivity index is 2.15. The highest BCUT2D eigenvalue weighted by molar-refractivity contribution is 4.78. The molecule has 0 spiro atoms. The Kier molecular flexibility index (Phi) is 5.49. The molecule has 1 aliphatic rings. The van der Waals surface area contributed by atoms with Crippen LogP contribution in [0.2, 0.25) is 0 Å². The van der Waals surface area contributed by atoms with Crippen molar-refractivity contribution in [2.45, 2.75) is 64.5 Å². The summed E-state index contributed by atoms with van der Waals surface area (Å²) >= 11 is 0. The lowest BCUT2D eigenvalue weighted by Gasteiger charge is -2.30. The number of nitrogens with one attached hydrogen (secondary N) is 1. The van der Waals surface area contributed by atoms with Crippen LogP contribution >= 0.6 is 0 Å². The van der Waals surface area contributed by atoms with Gasteiger partial charge in [0.25, 0.3) is 0 Å². The maximum Gasteiger partial charge on any atom is 0.0431 e. The summed E-state index contributed by atoms with van der Waals surface area (Å²) in [6.07, 6.45) is 7.49. The molecule has 0 heterocycles. The molecule has 0 aromatic rings. The third-order valence-electron chi connectivity index (χ3n) is 3.25. The first-order valence-corrected chi connectivity index (χ1v) is 6.09. The molecule has 1 rings (SSSR count). The van der Waals surface area contributed by atoms with Crippen LogP contribution in [-0.2, 0) is 0 Å². The lowest BCUT2D eigenvalue weighted by Crippen LogP contribution is -2.39. The molecule has 0 amide bonds. The lowest BCUT2D eigenvalue weighted by atomic mass is 9.86. The fraction of sp³-hybridized carbons (Fsp3) is 1.00. The van der Waals surface area contributed by atoms with Crippen LogP contribution in [0.25, 0.3) is 0 Å². The van der Waals surface area contributed by atoms with Gasteiger partial charge in [-0.3, -0.25) is 0 Å². The Morgan fingerprint density at radius 1 is 1.43 bits per heavy atom. The lowest BCUT2D eigenvalue weighted by molar-refractivity contribution is 0.255. The number of hydrogen-bond donors (Lipinski definition) is 2. The summed E-state index contributed by atoms with van der Waals surface area (Å²) in [4.78, 5) is 0. The van der Waals surface area contributed by atoms with Gasteiger partial charge in [0.05, 0.1) is 0 Å². The second kappa shape index (κ2) is 6.41. The van der Waals surface area contributed by atoms with E-state index in [2.05, 4.69) is 19.2 Å². The Morgan fingerprint density at radius 3 is 2.86 bits per heavy atom. The largest absolute Gasteiger partial charge is 0.396 e. The Hall–Kier alpha value is -0.0800. The predicted octanol–water partition coefficient (Wildman–Crippen LogP) is 2.32. The van der Waals surface area contributed by atoms with Gasteiger partial charge in [0.2, 0.25) is 0 Å². The molecule has 2 heteroatoms. The third kappa shape index (κ3) is 4.43. The Labute approximate surface area is 88.1 Å². The van der Waals surface area contributed by atoms with Gasteiger partial charge in [0.15, 0.2) is 0 Å². The number of rotatable bonds is 5. The third-order valence-corrected chi connectivity index (χ3v) is 3.25. The van der Waals surface area contributed by atoms with Crippen molar-refractivity contribution in [1.29, 1.82) is 0 Å². The average Bonchev–Trinajstić information content (AvgIpc) is 2.15. The SMILES string of the molecule is C[C@H]1CCC[C@H](N[C@@H](C)CCCO)C1. The van der Waals surface area contributed by atoms with Crippen LogP contribution in [0.5, 0.6) is 0 Å². The molecule has 0 saturated heterocycles. The smallest absolute Gasteiger partial charge is 0.0431 e. The standard InChI is InChI=1S/C12H25NO/c1-10-5-3-7-12(9-10)13-11(2)6-4-8-14/h10-14H,3-9H2,1-2H3/t10-,11-,12-/m0/s1. The van der Waals surface area contributed by atoms with Gasteiger partial charge < -0.3 is 10.4 Å². The molecule has 0 unspecified atom stereocenters. The van der Waals surface area contributed by atoms with Crippen LogP contribution in [0.4, 0.5) is 0 Å². The highest BCUT2D eigenvalue weighted by Gasteiger charge is 2.19. The zero-order valence-corrected chi connectivity index (χ0v) is 9.63. The van der Waals surface area contributed by atoms with Crippen LogP contribution < -0.4 is 5.32 Å². The summed E-state index contributed by atoms with van der Waals surface area (Å²) in [5.74, 6) is 0.895. The predicted molar refractivity (Wildman–Crippen MR) is 60.3 cm³/mol. The summed E-state index contributed by atoms with van der Waals surface area (Å²) in [5, 5.41) is 12.4. The Morgan fingerprint density at radius 2 is 2.21 bits per heavy atom. The summed E-state index contributed by atoms with van der Waals surface area (Å²) in [6, 6.07) is 1.30. The first kappa shape index (κ1) is 12.0. The van der Waals surface area contributed by atoms with Gasteiger partial charge in [-0.1, -0.05) is 19.8 Å². The van der Waals surface area contributed by atoms with E-state index in [-0.39, 0.29) is 0 Å². The molecule has 2 N–H and O–H groups in total. The van der Waals surface area contributed by atoms with E-state index < -0.39 is 0 Å². The molecule has 84 valence electrons. The van der Waals surface area contributed by atoms with E-state index in [0.717, 1.165) is 24.8 Å². The van der Waals surface area contributed by atoms with E-state index in [1.165, 1.54) is 25.7 Å². The van der Waals surface area contributed by atoms with E-state index in [1.807, 2.05) is 0 Å². The molecule has 1 fully saturated rings. The minimum Gasteiger partial charge on any atom is -0.396 e. The molecule has 1 saturated carbocycles. The minimum atomic E-state index is 0.326. The fourth-order valence-corrected chi connectivity index (χ4v) is 2.47. The topological polar surface area (TPSA) is 32.3 Å². The van der Waals surface area contributed by atoms with Crippen molar-refractivity contribution in [3.63, 3.8) is 0 Å². The first-order chi connectivity index (χ1) is 6.72. The van der Waals surface area contributed by atoms with Crippen LogP contribution in [0.3, 0.4) is 0 Å². The van der Waals surface area contributed by atoms with Gasteiger partial charge >= 0.3 is 0 Å². The summed E-state index contributed by atoms with van der Waals surface area (Å²) in [6.45, 7) is 4.91. The van der Waals surface area contributed by atoms with Crippen molar-refractivity contribution in [3.05, 3.63) is 0 Å². The summed E-state index contributed by atoms with van der Waals surface area (Å²) in [7, 11) is 0. The number of aliphatic hydroxyl groups is 1. The normalized spacial score (nSPS) is 30.2. The maximum atomic E-state index is 8.74. The van der Waals surface area contributed by atoms with E-state index >= 15 is 0 Å². The highest BCUT2D eigenvalue weighted by atomic mass is 16.2. The van der Waals surface area contributed by atoms with E-state index in [4.69, 9.17) is 5.11 Å². The quantitative estimate of drug-likeness (QED) is 0.712. The van der Waals surface area contributed by atoms with E-state index in [0.29, 0.717) is 12.6 Å². The summed E-state index contributed by atoms with van der Waals surface area (Å²) in [5.41, 5.74) is 0. The van der Waals surface area contributed by atoms with Crippen molar-refractivity contribution >= 4 is 0 Å². The number of hydrogen-bond acceptors (Lipinski definition) is 2. The van der Waals surface area contributed by atoms with Crippen LogP contribution in [0.1, 0.15) is 52.4 Å². The van der Waals surface area contributed by atoms with Crippen molar-refractivity contribution in [3.8, 4) is 0 Å². The maximum absolute atomic E-state index is 8.74. The van der Waals surface area contributed by atoms with Gasteiger partial charge in [0, 0.05) is 18.7 Å². The molecular formula is C12H25NO. The van der Waals surface area contributed by atoms with Crippen molar-refractivity contribution in [2.75, 3.05) is 6.61 Å². The van der Waals surface area contributed by atoms with E-state index in [1.54, 1.807) is 0 Å². The van der Waals surface area contributed by atoms with Crippen LogP contribution in [-0.4, -0.2) is 23.8 Å². The fourth-order valence-electron chi connectivity index (χ4n) is 2.47. The Bertz CT molecular complexity index is 149. The second-order valence-electron chi connectivity index (χ2n) is 4.90. The first-order valence-electron chi connectivity index (χ1n) is 6.09. The molecular weight excluding hydrogens is 174 g/mol. The molecule has 0 aromatic carbocycles. The van der Waals surface area contributed by atoms with Crippen molar-refractivity contribution in [1.82, 2.24) is 5.32 Å². The zero-order valence-electron chi connectivity index (χ0n) is 9.63. The number of aliphatic hydroxyl groups excluding tert-OH is 1. The second-order valence-corrected chi connectivity index (χ2v) is 4.90. The van der Waals surface area contributed by atoms with Gasteiger partial charge in [-0.05, 0) is 38.5 Å². The molecule has 3 atom stereocenters. The van der Waals surface area contributed by atoms with Crippen molar-refractivity contribution in [2.24, 2.45) is 5.92 Å². The molecule has 0 aromatic heterocycles. The van der Waals surface area contributed by atoms with Gasteiger partial charge in [-0.15, -0.1) is 0 Å². The monoisotopic (exact) mass is 199 g/mol. The average molecular weight is 199 g/mol. The molecule has 0 radical (unpaired) electrons. The van der Waals surface area contributed by atoms with Crippen LogP contribution in [0.15, 0.2) is 0 Å². The van der Waals surface area contributed by atoms with Gasteiger partial charge in [-0.25, -0.2) is 0 Å². The van der Waals surface area contributed by atoms with E-state index in [9.17, 15) is 0 Å². The highest BCUT2D eigenvalue weighted by Crippen LogP contribution is 2.23. The zero-order chi connectivity index (χ0) is 10.4. The molecule has 0 aliphatic heterocycles. The summed E-state index contributed by atoms with van der Waals surface area (Å²) < 4.78 is 0. The molecule has 14 heavy (non-hydrogen) atoms. The van der Waals surface area contributed by atoms with Gasteiger partial charge in [0.1, 0.15) is 0 Å². The minimum absolute atomic E-state index is 0.326. The molecule has 2 nitrogen and oxygen atoms in total. The van der Waals surface area contributed by atoms with Gasteiger partial charge in [-0.2, -0.15) is 0 Å². The van der Waals surface area contributed by atoms with Crippen LogP contribution in [0, 0.1) is 5.92 Å².